The van der Waals surface area contributed by atoms with Crippen LogP contribution in [0, 0.1) is 29.5 Å². The molecule has 0 saturated heterocycles. The average Bonchev–Trinajstić information content (AvgIpc) is 2.96. The summed E-state index contributed by atoms with van der Waals surface area (Å²) >= 11 is 0. The van der Waals surface area contributed by atoms with Gasteiger partial charge < -0.3 is 4.90 Å². The van der Waals surface area contributed by atoms with Gasteiger partial charge >= 0.3 is 0 Å². The smallest absolute Gasteiger partial charge is 0.248 e. The van der Waals surface area contributed by atoms with Gasteiger partial charge in [-0.25, -0.2) is 4.39 Å². The molecule has 3 heteroatoms. The van der Waals surface area contributed by atoms with Crippen LogP contribution in [0.3, 0.4) is 0 Å². The van der Waals surface area contributed by atoms with E-state index in [1.807, 2.05) is 13.1 Å². The van der Waals surface area contributed by atoms with E-state index in [-0.39, 0.29) is 11.7 Å². The summed E-state index contributed by atoms with van der Waals surface area (Å²) in [5, 5.41) is 0. The van der Waals surface area contributed by atoms with Gasteiger partial charge in [-0.3, -0.25) is 4.79 Å². The predicted molar refractivity (Wildman–Crippen MR) is 162 cm³/mol. The summed E-state index contributed by atoms with van der Waals surface area (Å²) in [5.74, 6) is 4.47. The van der Waals surface area contributed by atoms with Crippen LogP contribution >= 0.6 is 0 Å². The van der Waals surface area contributed by atoms with Crippen LogP contribution in [0.1, 0.15) is 146 Å². The maximum Gasteiger partial charge on any atom is 0.248 e. The van der Waals surface area contributed by atoms with Crippen LogP contribution in [0.25, 0.3) is 0 Å². The normalized spacial score (nSPS) is 29.6. The second-order valence-electron chi connectivity index (χ2n) is 13.7. The van der Waals surface area contributed by atoms with Crippen molar-refractivity contribution in [3.05, 3.63) is 47.3 Å². The van der Waals surface area contributed by atoms with Gasteiger partial charge in [-0.2, -0.15) is 0 Å². The number of amides is 1. The molecule has 3 saturated carbocycles. The van der Waals surface area contributed by atoms with Crippen molar-refractivity contribution in [2.75, 3.05) is 13.6 Å². The van der Waals surface area contributed by atoms with Crippen LogP contribution in [0.15, 0.2) is 30.4 Å². The maximum atomic E-state index is 15.4. The van der Waals surface area contributed by atoms with E-state index in [1.54, 1.807) is 11.8 Å². The highest BCUT2D eigenvalue weighted by Gasteiger charge is 2.32. The highest BCUT2D eigenvalue weighted by atomic mass is 19.1. The fourth-order valence-electron chi connectivity index (χ4n) is 8.25. The molecule has 0 unspecified atom stereocenters. The summed E-state index contributed by atoms with van der Waals surface area (Å²) in [6.07, 6.45) is 22.1. The molecule has 0 N–H and O–H groups in total. The van der Waals surface area contributed by atoms with E-state index in [0.29, 0.717) is 23.3 Å². The Morgan fingerprint density at radius 3 is 2.00 bits per heavy atom. The second-order valence-corrected chi connectivity index (χ2v) is 13.7. The first-order chi connectivity index (χ1) is 18.9. The summed E-state index contributed by atoms with van der Waals surface area (Å²) in [5.41, 5.74) is 2.79. The molecule has 218 valence electrons. The number of nitrogens with zero attached hydrogens (tertiary/aromatic N) is 1. The molecular formula is C36H56FNO. The highest BCUT2D eigenvalue weighted by Crippen LogP contribution is 2.45. The van der Waals surface area contributed by atoms with Gasteiger partial charge in [0, 0.05) is 19.2 Å². The van der Waals surface area contributed by atoms with Crippen LogP contribution in [-0.4, -0.2) is 24.4 Å². The van der Waals surface area contributed by atoms with Gasteiger partial charge in [-0.15, -0.1) is 0 Å². The molecule has 3 aliphatic carbocycles. The molecule has 0 atom stereocenters. The molecule has 3 fully saturated rings. The Labute approximate surface area is 239 Å². The topological polar surface area (TPSA) is 20.3 Å². The Morgan fingerprint density at radius 2 is 1.41 bits per heavy atom. The first kappa shape index (κ1) is 30.3. The standard InChI is InChI=1S/C36H56FNO/c1-5-6-7-8-27-9-13-29(14-10-27)30-17-19-31(20-18-30)33-21-22-34(35(37)25-33)32-15-11-28(12-16-32)23-24-38(4)36(39)26(2)3/h21-22,25,27-32H,2,5-20,23-24H2,1,3-4H3. The van der Waals surface area contributed by atoms with Crippen molar-refractivity contribution in [1.82, 2.24) is 4.90 Å². The van der Waals surface area contributed by atoms with Gasteiger partial charge in [0.1, 0.15) is 5.82 Å². The fraction of sp³-hybridized carbons (Fsp3) is 0.750. The Balaban J connectivity index is 1.19. The van der Waals surface area contributed by atoms with Gasteiger partial charge in [0.25, 0.3) is 0 Å². The lowest BCUT2D eigenvalue weighted by Gasteiger charge is -2.38. The lowest BCUT2D eigenvalue weighted by molar-refractivity contribution is -0.126. The third-order valence-corrected chi connectivity index (χ3v) is 10.9. The van der Waals surface area contributed by atoms with Crippen LogP contribution in [-0.2, 0) is 4.79 Å². The van der Waals surface area contributed by atoms with E-state index >= 15 is 4.39 Å². The van der Waals surface area contributed by atoms with Crippen molar-refractivity contribution < 1.29 is 9.18 Å². The molecule has 0 bridgehead atoms. The summed E-state index contributed by atoms with van der Waals surface area (Å²) < 4.78 is 15.4. The molecular weight excluding hydrogens is 481 g/mol. The number of hydrogen-bond acceptors (Lipinski definition) is 1. The SMILES string of the molecule is C=C(C)C(=O)N(C)CCC1CCC(c2ccc(C3CCC(C4CCC(CCCCC)CC4)CC3)cc2F)CC1. The van der Waals surface area contributed by atoms with Gasteiger partial charge in [-0.1, -0.05) is 64.2 Å². The summed E-state index contributed by atoms with van der Waals surface area (Å²) in [4.78, 5) is 13.8. The zero-order valence-electron chi connectivity index (χ0n) is 25.4. The van der Waals surface area contributed by atoms with E-state index < -0.39 is 0 Å². The second kappa shape index (κ2) is 14.8. The zero-order valence-corrected chi connectivity index (χ0v) is 25.4. The van der Waals surface area contributed by atoms with Crippen LogP contribution in [0.4, 0.5) is 4.39 Å². The highest BCUT2D eigenvalue weighted by molar-refractivity contribution is 5.91. The van der Waals surface area contributed by atoms with Crippen molar-refractivity contribution in [3.63, 3.8) is 0 Å². The number of benzene rings is 1. The zero-order chi connectivity index (χ0) is 27.8. The maximum absolute atomic E-state index is 15.4. The Bertz CT molecular complexity index is 916. The predicted octanol–water partition coefficient (Wildman–Crippen LogP) is 10.2. The molecule has 4 rings (SSSR count). The quantitative estimate of drug-likeness (QED) is 0.203. The Morgan fingerprint density at radius 1 is 0.846 bits per heavy atom. The van der Waals surface area contributed by atoms with Crippen molar-refractivity contribution in [3.8, 4) is 0 Å². The molecule has 0 radical (unpaired) electrons. The first-order valence-corrected chi connectivity index (χ1v) is 16.6. The number of rotatable bonds is 11. The fourth-order valence-corrected chi connectivity index (χ4v) is 8.25. The molecule has 1 aromatic rings. The van der Waals surface area contributed by atoms with Gasteiger partial charge in [0.2, 0.25) is 5.91 Å². The minimum atomic E-state index is 0.0336. The monoisotopic (exact) mass is 537 g/mol. The van der Waals surface area contributed by atoms with Crippen molar-refractivity contribution in [2.45, 2.75) is 135 Å². The van der Waals surface area contributed by atoms with Gasteiger partial charge in [0.15, 0.2) is 0 Å². The third kappa shape index (κ3) is 8.43. The molecule has 0 aromatic heterocycles. The van der Waals surface area contributed by atoms with Crippen molar-refractivity contribution in [2.24, 2.45) is 23.7 Å². The number of hydrogen-bond donors (Lipinski definition) is 0. The third-order valence-electron chi connectivity index (χ3n) is 10.9. The average molecular weight is 538 g/mol. The summed E-state index contributed by atoms with van der Waals surface area (Å²) in [6, 6.07) is 6.28. The number of unbranched alkanes of at least 4 members (excludes halogenated alkanes) is 2. The minimum absolute atomic E-state index is 0.0336. The Kier molecular flexibility index (Phi) is 11.5. The van der Waals surface area contributed by atoms with Crippen molar-refractivity contribution >= 4 is 5.91 Å². The lowest BCUT2D eigenvalue weighted by atomic mass is 9.68. The van der Waals surface area contributed by atoms with Crippen LogP contribution in [0.5, 0.6) is 0 Å². The lowest BCUT2D eigenvalue weighted by Crippen LogP contribution is -2.29. The molecule has 0 spiro atoms. The summed E-state index contributed by atoms with van der Waals surface area (Å²) in [7, 11) is 1.87. The number of halogens is 1. The van der Waals surface area contributed by atoms with E-state index in [2.05, 4.69) is 25.6 Å². The Hall–Kier alpha value is -1.64. The first-order valence-electron chi connectivity index (χ1n) is 16.6. The van der Waals surface area contributed by atoms with Crippen LogP contribution in [0.2, 0.25) is 0 Å². The number of carbonyl (C=O) groups is 1. The van der Waals surface area contributed by atoms with Crippen LogP contribution < -0.4 is 0 Å². The van der Waals surface area contributed by atoms with Gasteiger partial charge in [-0.05, 0) is 130 Å². The summed E-state index contributed by atoms with van der Waals surface area (Å²) in [6.45, 7) is 8.63. The number of carbonyl (C=O) groups excluding carboxylic acids is 1. The minimum Gasteiger partial charge on any atom is -0.342 e. The van der Waals surface area contributed by atoms with E-state index in [0.717, 1.165) is 62.0 Å². The van der Waals surface area contributed by atoms with Gasteiger partial charge in [0.05, 0.1) is 0 Å². The van der Waals surface area contributed by atoms with Crippen molar-refractivity contribution in [1.29, 1.82) is 0 Å². The van der Waals surface area contributed by atoms with E-state index in [4.69, 9.17) is 0 Å². The molecule has 0 heterocycles. The molecule has 1 aromatic carbocycles. The molecule has 3 aliphatic rings. The molecule has 0 aliphatic heterocycles. The van der Waals surface area contributed by atoms with E-state index in [1.165, 1.54) is 82.6 Å². The largest absolute Gasteiger partial charge is 0.342 e. The number of likely N-dealkylation sites (N-methyl/N-ethyl adjacent to an activating group) is 1. The molecule has 39 heavy (non-hydrogen) atoms. The molecule has 2 nitrogen and oxygen atoms in total. The molecule has 1 amide bonds. The van der Waals surface area contributed by atoms with E-state index in [9.17, 15) is 4.79 Å².